The Bertz CT molecular complexity index is 700. The van der Waals surface area contributed by atoms with Crippen LogP contribution in [-0.4, -0.2) is 9.97 Å². The van der Waals surface area contributed by atoms with E-state index in [0.29, 0.717) is 0 Å². The van der Waals surface area contributed by atoms with Crippen molar-refractivity contribution in [1.29, 1.82) is 0 Å². The van der Waals surface area contributed by atoms with Gasteiger partial charge < -0.3 is 10.3 Å². The Morgan fingerprint density at radius 1 is 1.15 bits per heavy atom. The number of rotatable bonds is 4. The number of imidazole rings is 1. The molecule has 0 unspecified atom stereocenters. The zero-order valence-electron chi connectivity index (χ0n) is 11.3. The molecule has 0 spiro atoms. The van der Waals surface area contributed by atoms with Gasteiger partial charge in [0.25, 0.3) is 0 Å². The van der Waals surface area contributed by atoms with Crippen molar-refractivity contribution < 1.29 is 0 Å². The largest absolute Gasteiger partial charge is 0.341 e. The Kier molecular flexibility index (Phi) is 3.72. The lowest BCUT2D eigenvalue weighted by molar-refractivity contribution is 0.668. The molecule has 1 heterocycles. The van der Waals surface area contributed by atoms with Gasteiger partial charge in [-0.2, -0.15) is 0 Å². The van der Waals surface area contributed by atoms with Crippen molar-refractivity contribution in [3.8, 4) is 0 Å². The summed E-state index contributed by atoms with van der Waals surface area (Å²) in [5.41, 5.74) is 4.54. The Balaban J connectivity index is 1.64. The number of fused-ring (bicyclic) bond motifs is 1. The summed E-state index contributed by atoms with van der Waals surface area (Å²) in [5, 5.41) is 4.18. The van der Waals surface area contributed by atoms with Gasteiger partial charge in [-0.3, -0.25) is 0 Å². The number of hydrogen-bond acceptors (Lipinski definition) is 2. The molecule has 0 bridgehead atoms. The number of halogens is 1. The first-order chi connectivity index (χ1) is 9.72. The molecule has 2 aromatic carbocycles. The maximum atomic E-state index is 5.96. The number of aryl methyl sites for hydroxylation is 1. The minimum Gasteiger partial charge on any atom is -0.341 e. The van der Waals surface area contributed by atoms with Crippen LogP contribution >= 0.6 is 11.6 Å². The number of nitrogens with zero attached hydrogens (tertiary/aromatic N) is 1. The van der Waals surface area contributed by atoms with Gasteiger partial charge in [-0.1, -0.05) is 29.8 Å². The molecular weight excluding hydrogens is 270 g/mol. The number of para-hydroxylation sites is 2. The minimum absolute atomic E-state index is 0.719. The van der Waals surface area contributed by atoms with Gasteiger partial charge in [-0.25, -0.2) is 4.98 Å². The van der Waals surface area contributed by atoms with E-state index in [1.54, 1.807) is 0 Å². The third-order valence-electron chi connectivity index (χ3n) is 3.35. The molecule has 102 valence electrons. The van der Waals surface area contributed by atoms with Gasteiger partial charge in [-0.15, -0.1) is 0 Å². The molecule has 0 amide bonds. The van der Waals surface area contributed by atoms with Crippen LogP contribution in [0.25, 0.3) is 11.0 Å². The number of benzene rings is 2. The highest BCUT2D eigenvalue weighted by Crippen LogP contribution is 2.15. The van der Waals surface area contributed by atoms with Gasteiger partial charge in [0.1, 0.15) is 5.82 Å². The molecule has 2 N–H and O–H groups in total. The van der Waals surface area contributed by atoms with Crippen LogP contribution in [0.15, 0.2) is 42.5 Å². The van der Waals surface area contributed by atoms with Gasteiger partial charge in [-0.05, 0) is 42.3 Å². The lowest BCUT2D eigenvalue weighted by atomic mass is 10.1. The van der Waals surface area contributed by atoms with Gasteiger partial charge in [0.2, 0.25) is 0 Å². The number of hydrogen-bond donors (Lipinski definition) is 2. The van der Waals surface area contributed by atoms with Crippen molar-refractivity contribution in [2.24, 2.45) is 0 Å². The van der Waals surface area contributed by atoms with E-state index in [-0.39, 0.29) is 0 Å². The molecule has 0 saturated heterocycles. The summed E-state index contributed by atoms with van der Waals surface area (Å²) in [7, 11) is 0. The van der Waals surface area contributed by atoms with E-state index in [1.807, 2.05) is 36.4 Å². The van der Waals surface area contributed by atoms with Crippen molar-refractivity contribution in [2.75, 3.05) is 0 Å². The van der Waals surface area contributed by atoms with Crippen LogP contribution < -0.4 is 5.32 Å². The average Bonchev–Trinajstić information content (AvgIpc) is 2.84. The fourth-order valence-corrected chi connectivity index (χ4v) is 2.49. The summed E-state index contributed by atoms with van der Waals surface area (Å²) in [6, 6.07) is 14.0. The number of aromatic nitrogens is 2. The van der Waals surface area contributed by atoms with Crippen LogP contribution in [0.5, 0.6) is 0 Å². The van der Waals surface area contributed by atoms with Crippen molar-refractivity contribution in [3.63, 3.8) is 0 Å². The third-order valence-corrected chi connectivity index (χ3v) is 3.59. The average molecular weight is 286 g/mol. The van der Waals surface area contributed by atoms with Crippen LogP contribution in [0, 0.1) is 6.92 Å². The summed E-state index contributed by atoms with van der Waals surface area (Å²) in [6.07, 6.45) is 0. The first-order valence-electron chi connectivity index (χ1n) is 6.62. The molecule has 0 atom stereocenters. The van der Waals surface area contributed by atoms with Gasteiger partial charge >= 0.3 is 0 Å². The molecular formula is C16H16ClN3. The fourth-order valence-electron chi connectivity index (χ4n) is 2.26. The van der Waals surface area contributed by atoms with Gasteiger partial charge in [0, 0.05) is 11.6 Å². The first kappa shape index (κ1) is 13.2. The maximum absolute atomic E-state index is 5.96. The molecule has 0 aliphatic carbocycles. The van der Waals surface area contributed by atoms with Crippen LogP contribution in [-0.2, 0) is 13.1 Å². The summed E-state index contributed by atoms with van der Waals surface area (Å²) in [6.45, 7) is 3.60. The predicted molar refractivity (Wildman–Crippen MR) is 82.8 cm³/mol. The summed E-state index contributed by atoms with van der Waals surface area (Å²) in [4.78, 5) is 7.85. The molecule has 0 saturated carbocycles. The molecule has 3 nitrogen and oxygen atoms in total. The predicted octanol–water partition coefficient (Wildman–Crippen LogP) is 3.81. The van der Waals surface area contributed by atoms with E-state index >= 15 is 0 Å². The van der Waals surface area contributed by atoms with Crippen molar-refractivity contribution in [3.05, 3.63) is 64.4 Å². The second kappa shape index (κ2) is 5.65. The minimum atomic E-state index is 0.719. The number of nitrogens with one attached hydrogen (secondary N) is 2. The third kappa shape index (κ3) is 2.84. The summed E-state index contributed by atoms with van der Waals surface area (Å²) < 4.78 is 0. The van der Waals surface area contributed by atoms with E-state index in [9.17, 15) is 0 Å². The van der Waals surface area contributed by atoms with Gasteiger partial charge in [0.15, 0.2) is 0 Å². The van der Waals surface area contributed by atoms with Crippen LogP contribution in [0.3, 0.4) is 0 Å². The van der Waals surface area contributed by atoms with E-state index in [1.165, 1.54) is 11.1 Å². The van der Waals surface area contributed by atoms with E-state index in [2.05, 4.69) is 28.3 Å². The lowest BCUT2D eigenvalue weighted by Gasteiger charge is -2.07. The summed E-state index contributed by atoms with van der Waals surface area (Å²) >= 11 is 5.96. The van der Waals surface area contributed by atoms with Crippen molar-refractivity contribution in [1.82, 2.24) is 15.3 Å². The lowest BCUT2D eigenvalue weighted by Crippen LogP contribution is -2.14. The molecule has 0 aliphatic rings. The van der Waals surface area contributed by atoms with Crippen LogP contribution in [0.1, 0.15) is 17.0 Å². The van der Waals surface area contributed by atoms with Crippen LogP contribution in [0.4, 0.5) is 0 Å². The SMILES string of the molecule is Cc1cc(Cl)ccc1CNCc1nc2ccccc2[nH]1. The summed E-state index contributed by atoms with van der Waals surface area (Å²) in [5.74, 6) is 0.956. The highest BCUT2D eigenvalue weighted by atomic mass is 35.5. The second-order valence-electron chi connectivity index (χ2n) is 4.88. The van der Waals surface area contributed by atoms with Crippen molar-refractivity contribution in [2.45, 2.75) is 20.0 Å². The molecule has 3 aromatic rings. The van der Waals surface area contributed by atoms with Crippen LogP contribution in [0.2, 0.25) is 5.02 Å². The maximum Gasteiger partial charge on any atom is 0.121 e. The normalized spacial score (nSPS) is 11.1. The number of aromatic amines is 1. The van der Waals surface area contributed by atoms with E-state index in [0.717, 1.165) is 35.0 Å². The Morgan fingerprint density at radius 3 is 2.80 bits per heavy atom. The zero-order valence-corrected chi connectivity index (χ0v) is 12.0. The fraction of sp³-hybridized carbons (Fsp3) is 0.188. The molecule has 0 aliphatic heterocycles. The van der Waals surface area contributed by atoms with E-state index in [4.69, 9.17) is 11.6 Å². The molecule has 0 fully saturated rings. The van der Waals surface area contributed by atoms with Crippen molar-refractivity contribution >= 4 is 22.6 Å². The number of H-pyrrole nitrogens is 1. The Hall–Kier alpha value is -1.84. The molecule has 4 heteroatoms. The highest BCUT2D eigenvalue weighted by molar-refractivity contribution is 6.30. The molecule has 20 heavy (non-hydrogen) atoms. The second-order valence-corrected chi connectivity index (χ2v) is 5.31. The Labute approximate surface area is 123 Å². The molecule has 1 aromatic heterocycles. The van der Waals surface area contributed by atoms with E-state index < -0.39 is 0 Å². The topological polar surface area (TPSA) is 40.7 Å². The first-order valence-corrected chi connectivity index (χ1v) is 6.99. The molecule has 3 rings (SSSR count). The van der Waals surface area contributed by atoms with Gasteiger partial charge in [0.05, 0.1) is 17.6 Å². The molecule has 0 radical (unpaired) electrons. The zero-order chi connectivity index (χ0) is 13.9. The monoisotopic (exact) mass is 285 g/mol. The standard InChI is InChI=1S/C16H16ClN3/c1-11-8-13(17)7-6-12(11)9-18-10-16-19-14-4-2-3-5-15(14)20-16/h2-8,18H,9-10H2,1H3,(H,19,20). The smallest absolute Gasteiger partial charge is 0.121 e. The Morgan fingerprint density at radius 2 is 2.00 bits per heavy atom. The quantitative estimate of drug-likeness (QED) is 0.765. The highest BCUT2D eigenvalue weighted by Gasteiger charge is 2.03.